The Morgan fingerprint density at radius 1 is 0.417 bits per heavy atom. The average molecular weight is 465 g/mol. The SMILES string of the molecule is C=Cc1ccc(/C=C/c2cc3ccc2CCc2ccc(c(/C=C/c4ccc(C=C)cc4)c2)CC3)cc1. The van der Waals surface area contributed by atoms with E-state index in [4.69, 9.17) is 0 Å². The van der Waals surface area contributed by atoms with Crippen LogP contribution in [0.2, 0.25) is 0 Å². The van der Waals surface area contributed by atoms with Crippen molar-refractivity contribution in [1.29, 1.82) is 0 Å². The van der Waals surface area contributed by atoms with Crippen molar-refractivity contribution in [1.82, 2.24) is 0 Å². The first-order valence-electron chi connectivity index (χ1n) is 12.7. The zero-order valence-corrected chi connectivity index (χ0v) is 20.8. The van der Waals surface area contributed by atoms with E-state index >= 15 is 0 Å². The predicted octanol–water partition coefficient (Wildman–Crippen LogP) is 9.20. The second-order valence-electron chi connectivity index (χ2n) is 9.47. The quantitative estimate of drug-likeness (QED) is 0.249. The third-order valence-corrected chi connectivity index (χ3v) is 7.04. The molecule has 0 heterocycles. The summed E-state index contributed by atoms with van der Waals surface area (Å²) in [5.74, 6) is 0. The van der Waals surface area contributed by atoms with Crippen LogP contribution in [-0.4, -0.2) is 0 Å². The Bertz CT molecular complexity index is 1310. The fraction of sp³-hybridized carbons (Fsp3) is 0.111. The summed E-state index contributed by atoms with van der Waals surface area (Å²) in [5, 5.41) is 0. The zero-order valence-electron chi connectivity index (χ0n) is 20.8. The molecule has 0 nitrogen and oxygen atoms in total. The topological polar surface area (TPSA) is 0 Å². The van der Waals surface area contributed by atoms with Gasteiger partial charge in [-0.05, 0) is 81.3 Å². The largest absolute Gasteiger partial charge is 0.0985 e. The van der Waals surface area contributed by atoms with E-state index in [2.05, 4.69) is 122 Å². The second-order valence-corrected chi connectivity index (χ2v) is 9.47. The van der Waals surface area contributed by atoms with Gasteiger partial charge in [0, 0.05) is 0 Å². The van der Waals surface area contributed by atoms with Crippen molar-refractivity contribution in [3.8, 4) is 0 Å². The van der Waals surface area contributed by atoms with E-state index in [-0.39, 0.29) is 0 Å². The first-order chi connectivity index (χ1) is 17.7. The molecule has 0 saturated carbocycles. The number of benzene rings is 4. The summed E-state index contributed by atoms with van der Waals surface area (Å²) in [5.41, 5.74) is 13.0. The molecular formula is C36H32. The summed E-state index contributed by atoms with van der Waals surface area (Å²) < 4.78 is 0. The Kier molecular flexibility index (Phi) is 7.24. The molecule has 0 fully saturated rings. The van der Waals surface area contributed by atoms with Crippen LogP contribution in [0, 0.1) is 0 Å². The number of hydrogen-bond acceptors (Lipinski definition) is 0. The van der Waals surface area contributed by atoms with E-state index in [0.29, 0.717) is 0 Å². The summed E-state index contributed by atoms with van der Waals surface area (Å²) in [6.45, 7) is 7.69. The van der Waals surface area contributed by atoms with Gasteiger partial charge < -0.3 is 0 Å². The third kappa shape index (κ3) is 5.73. The Balaban J connectivity index is 1.39. The Morgan fingerprint density at radius 3 is 1.19 bits per heavy atom. The van der Waals surface area contributed by atoms with Gasteiger partial charge in [0.15, 0.2) is 0 Å². The van der Waals surface area contributed by atoms with E-state index in [1.165, 1.54) is 44.5 Å². The Labute approximate surface area is 215 Å². The lowest BCUT2D eigenvalue weighted by Crippen LogP contribution is -2.02. The molecule has 4 aliphatic carbocycles. The van der Waals surface area contributed by atoms with Gasteiger partial charge in [-0.25, -0.2) is 0 Å². The minimum Gasteiger partial charge on any atom is -0.0985 e. The molecule has 0 aromatic heterocycles. The molecule has 0 aliphatic heterocycles. The lowest BCUT2D eigenvalue weighted by atomic mass is 9.90. The lowest BCUT2D eigenvalue weighted by Gasteiger charge is -2.15. The summed E-state index contributed by atoms with van der Waals surface area (Å²) >= 11 is 0. The highest BCUT2D eigenvalue weighted by Gasteiger charge is 2.09. The van der Waals surface area contributed by atoms with Gasteiger partial charge in [-0.1, -0.05) is 135 Å². The van der Waals surface area contributed by atoms with Crippen molar-refractivity contribution in [3.63, 3.8) is 0 Å². The van der Waals surface area contributed by atoms with Gasteiger partial charge in [0.25, 0.3) is 0 Å². The van der Waals surface area contributed by atoms with Crippen LogP contribution in [0.4, 0.5) is 0 Å². The van der Waals surface area contributed by atoms with Crippen LogP contribution >= 0.6 is 0 Å². The predicted molar refractivity (Wildman–Crippen MR) is 159 cm³/mol. The molecule has 176 valence electrons. The molecule has 4 bridgehead atoms. The molecule has 0 unspecified atom stereocenters. The molecule has 0 N–H and O–H groups in total. The monoisotopic (exact) mass is 464 g/mol. The minimum atomic E-state index is 1.03. The standard InChI is InChI=1S/C36H32/c1-3-27-5-9-29(10-6-27)13-23-35-25-31-15-19-33(35)21-17-32-16-20-34(22-18-31)36(26-32)24-14-30-11-7-28(4-2)8-12-30/h3-16,19-20,23-26H,1-2,17-18,21-22H2/b23-13+,24-14+. The molecule has 0 amide bonds. The van der Waals surface area contributed by atoms with Crippen molar-refractivity contribution in [3.05, 3.63) is 154 Å². The molecule has 4 aromatic rings. The van der Waals surface area contributed by atoms with Crippen molar-refractivity contribution in [2.24, 2.45) is 0 Å². The molecule has 0 saturated heterocycles. The number of aryl methyl sites for hydroxylation is 4. The molecular weight excluding hydrogens is 432 g/mol. The maximum atomic E-state index is 3.85. The molecule has 0 radical (unpaired) electrons. The van der Waals surface area contributed by atoms with E-state index in [0.717, 1.165) is 36.8 Å². The fourth-order valence-corrected chi connectivity index (χ4v) is 4.78. The number of rotatable bonds is 6. The molecule has 36 heavy (non-hydrogen) atoms. The van der Waals surface area contributed by atoms with E-state index in [1.54, 1.807) is 0 Å². The highest BCUT2D eigenvalue weighted by molar-refractivity contribution is 5.73. The normalized spacial score (nSPS) is 13.1. The zero-order chi connectivity index (χ0) is 24.7. The summed E-state index contributed by atoms with van der Waals surface area (Å²) in [6.07, 6.45) is 16.9. The van der Waals surface area contributed by atoms with Crippen molar-refractivity contribution in [2.45, 2.75) is 25.7 Å². The van der Waals surface area contributed by atoms with Gasteiger partial charge in [0.1, 0.15) is 0 Å². The van der Waals surface area contributed by atoms with Crippen LogP contribution in [0.5, 0.6) is 0 Å². The number of hydrogen-bond donors (Lipinski definition) is 0. The minimum absolute atomic E-state index is 1.03. The van der Waals surface area contributed by atoms with Crippen LogP contribution in [-0.2, 0) is 25.7 Å². The maximum absolute atomic E-state index is 3.85. The van der Waals surface area contributed by atoms with Crippen LogP contribution in [0.3, 0.4) is 0 Å². The summed E-state index contributed by atoms with van der Waals surface area (Å²) in [7, 11) is 0. The van der Waals surface area contributed by atoms with Gasteiger partial charge >= 0.3 is 0 Å². The summed E-state index contributed by atoms with van der Waals surface area (Å²) in [4.78, 5) is 0. The van der Waals surface area contributed by atoms with Crippen LogP contribution in [0.1, 0.15) is 55.6 Å². The van der Waals surface area contributed by atoms with Gasteiger partial charge in [-0.15, -0.1) is 0 Å². The smallest absolute Gasteiger partial charge is 0.0221 e. The second kappa shape index (κ2) is 11.1. The summed E-state index contributed by atoms with van der Waals surface area (Å²) in [6, 6.07) is 31.1. The van der Waals surface area contributed by atoms with E-state index in [9.17, 15) is 0 Å². The Hall–Kier alpha value is -4.16. The molecule has 0 heteroatoms. The Morgan fingerprint density at radius 2 is 0.806 bits per heavy atom. The van der Waals surface area contributed by atoms with E-state index < -0.39 is 0 Å². The van der Waals surface area contributed by atoms with Crippen molar-refractivity contribution < 1.29 is 0 Å². The highest BCUT2D eigenvalue weighted by Crippen LogP contribution is 2.24. The molecule has 0 atom stereocenters. The third-order valence-electron chi connectivity index (χ3n) is 7.04. The average Bonchev–Trinajstić information content (AvgIpc) is 2.93. The molecule has 0 spiro atoms. The van der Waals surface area contributed by atoms with Crippen LogP contribution in [0.15, 0.2) is 98.1 Å². The van der Waals surface area contributed by atoms with Gasteiger partial charge in [-0.2, -0.15) is 0 Å². The van der Waals surface area contributed by atoms with Crippen LogP contribution in [0.25, 0.3) is 36.5 Å². The lowest BCUT2D eigenvalue weighted by molar-refractivity contribution is 0.917. The first-order valence-corrected chi connectivity index (χ1v) is 12.7. The van der Waals surface area contributed by atoms with Gasteiger partial charge in [0.2, 0.25) is 0 Å². The van der Waals surface area contributed by atoms with Gasteiger partial charge in [0.05, 0.1) is 0 Å². The first kappa shape index (κ1) is 23.6. The van der Waals surface area contributed by atoms with Crippen molar-refractivity contribution >= 4 is 36.5 Å². The highest BCUT2D eigenvalue weighted by atomic mass is 14.1. The molecule has 8 rings (SSSR count). The molecule has 4 aliphatic rings. The fourth-order valence-electron chi connectivity index (χ4n) is 4.78. The molecule has 4 aromatic carbocycles. The maximum Gasteiger partial charge on any atom is -0.0221 e. The van der Waals surface area contributed by atoms with Crippen LogP contribution < -0.4 is 0 Å². The van der Waals surface area contributed by atoms with Crippen molar-refractivity contribution in [2.75, 3.05) is 0 Å². The van der Waals surface area contributed by atoms with E-state index in [1.807, 2.05) is 12.2 Å². The van der Waals surface area contributed by atoms with Gasteiger partial charge in [-0.3, -0.25) is 0 Å².